The van der Waals surface area contributed by atoms with E-state index >= 15 is 0 Å². The van der Waals surface area contributed by atoms with Gasteiger partial charge < -0.3 is 9.84 Å². The third-order valence-corrected chi connectivity index (χ3v) is 2.66. The largest absolute Gasteiger partial charge is 0.477 e. The Morgan fingerprint density at radius 3 is 1.95 bits per heavy atom. The number of carboxylic acids is 1. The van der Waals surface area contributed by atoms with Crippen LogP contribution in [0.2, 0.25) is 0 Å². The van der Waals surface area contributed by atoms with Gasteiger partial charge in [-0.05, 0) is 46.9 Å². The van der Waals surface area contributed by atoms with E-state index in [0.29, 0.717) is 3.57 Å². The van der Waals surface area contributed by atoms with Gasteiger partial charge in [0.15, 0.2) is 0 Å². The second kappa shape index (κ2) is 5.31. The quantitative estimate of drug-likeness (QED) is 0.371. The third kappa shape index (κ3) is 3.14. The first-order chi connectivity index (χ1) is 8.59. The third-order valence-electron chi connectivity index (χ3n) is 1.94. The molecule has 1 rings (SSSR count). The fourth-order valence-electron chi connectivity index (χ4n) is 0.936. The molecule has 0 spiro atoms. The van der Waals surface area contributed by atoms with Gasteiger partial charge in [0.2, 0.25) is 0 Å². The Bertz CT molecular complexity index is 501. The van der Waals surface area contributed by atoms with Crippen LogP contribution in [-0.2, 0) is 9.59 Å². The number of ether oxygens (including phenoxy) is 1. The lowest BCUT2D eigenvalue weighted by Gasteiger charge is -2.20. The van der Waals surface area contributed by atoms with Crippen molar-refractivity contribution in [3.63, 3.8) is 0 Å². The van der Waals surface area contributed by atoms with Gasteiger partial charge >= 0.3 is 23.8 Å². The monoisotopic (exact) mass is 392 g/mol. The van der Waals surface area contributed by atoms with Gasteiger partial charge in [-0.1, -0.05) is 0 Å². The molecular formula is C10H5F4IO4. The highest BCUT2D eigenvalue weighted by Crippen LogP contribution is 2.35. The summed E-state index contributed by atoms with van der Waals surface area (Å²) < 4.78 is 56.1. The van der Waals surface area contributed by atoms with Crippen LogP contribution in [0.3, 0.4) is 0 Å². The van der Waals surface area contributed by atoms with Gasteiger partial charge in [-0.25, -0.2) is 9.59 Å². The second-order valence-electron chi connectivity index (χ2n) is 3.30. The molecule has 0 saturated heterocycles. The van der Waals surface area contributed by atoms with E-state index in [-0.39, 0.29) is 0 Å². The summed E-state index contributed by atoms with van der Waals surface area (Å²) in [5.74, 6) is -17.2. The van der Waals surface area contributed by atoms with E-state index in [4.69, 9.17) is 5.11 Å². The number of carbonyl (C=O) groups is 2. The summed E-state index contributed by atoms with van der Waals surface area (Å²) in [4.78, 5) is 21.0. The zero-order valence-electron chi connectivity index (χ0n) is 8.87. The number of rotatable bonds is 4. The summed E-state index contributed by atoms with van der Waals surface area (Å²) in [7, 11) is 0. The molecule has 19 heavy (non-hydrogen) atoms. The number of hydrogen-bond acceptors (Lipinski definition) is 3. The van der Waals surface area contributed by atoms with Crippen molar-refractivity contribution in [2.75, 3.05) is 0 Å². The van der Waals surface area contributed by atoms with Gasteiger partial charge in [0.05, 0.1) is 0 Å². The molecule has 0 saturated carbocycles. The molecule has 104 valence electrons. The van der Waals surface area contributed by atoms with Crippen LogP contribution in [0, 0.1) is 3.57 Å². The van der Waals surface area contributed by atoms with Crippen LogP contribution < -0.4 is 4.74 Å². The number of carboxylic acid groups (broad SMARTS) is 1. The molecule has 9 heteroatoms. The van der Waals surface area contributed by atoms with Crippen molar-refractivity contribution in [3.8, 4) is 5.75 Å². The average Bonchev–Trinajstić information content (AvgIpc) is 2.31. The Labute approximate surface area is 117 Å². The highest BCUT2D eigenvalue weighted by molar-refractivity contribution is 14.1. The van der Waals surface area contributed by atoms with Gasteiger partial charge in [-0.15, -0.1) is 0 Å². The van der Waals surface area contributed by atoms with Gasteiger partial charge in [0.25, 0.3) is 0 Å². The fraction of sp³-hybridized carbons (Fsp3) is 0.200. The molecule has 0 radical (unpaired) electrons. The average molecular weight is 392 g/mol. The Morgan fingerprint density at radius 1 is 1.05 bits per heavy atom. The zero-order chi connectivity index (χ0) is 14.8. The van der Waals surface area contributed by atoms with E-state index in [1.54, 1.807) is 0 Å². The molecule has 0 amide bonds. The Hall–Kier alpha value is -1.39. The zero-order valence-corrected chi connectivity index (χ0v) is 11.0. The Balaban J connectivity index is 2.94. The molecule has 0 aromatic heterocycles. The van der Waals surface area contributed by atoms with Crippen molar-refractivity contribution in [2.45, 2.75) is 11.8 Å². The number of aliphatic carboxylic acids is 1. The van der Waals surface area contributed by atoms with E-state index in [1.807, 2.05) is 22.6 Å². The predicted octanol–water partition coefficient (Wildman–Crippen LogP) is 2.55. The van der Waals surface area contributed by atoms with Crippen LogP contribution in [0.4, 0.5) is 17.6 Å². The molecule has 0 fully saturated rings. The number of benzene rings is 1. The van der Waals surface area contributed by atoms with Crippen molar-refractivity contribution in [2.24, 2.45) is 0 Å². The molecule has 0 aliphatic carbocycles. The van der Waals surface area contributed by atoms with Crippen LogP contribution in [-0.4, -0.2) is 28.9 Å². The van der Waals surface area contributed by atoms with E-state index in [1.165, 1.54) is 12.1 Å². The van der Waals surface area contributed by atoms with Crippen LogP contribution in [0.25, 0.3) is 0 Å². The standard InChI is InChI=1S/C10H5F4IO4/c11-9(12,7(16)17)10(13,14)8(18)19-6-3-1-5(15)2-4-6/h1-4H,(H,16,17). The molecule has 0 unspecified atom stereocenters. The predicted molar refractivity (Wildman–Crippen MR) is 62.3 cm³/mol. The minimum atomic E-state index is -5.55. The van der Waals surface area contributed by atoms with Gasteiger partial charge in [0, 0.05) is 3.57 Å². The number of carbonyl (C=O) groups excluding carboxylic acids is 1. The Kier molecular flexibility index (Phi) is 4.38. The molecule has 4 nitrogen and oxygen atoms in total. The van der Waals surface area contributed by atoms with Gasteiger partial charge in [0.1, 0.15) is 5.75 Å². The normalized spacial score (nSPS) is 12.1. The minimum absolute atomic E-state index is 0.397. The van der Waals surface area contributed by atoms with Gasteiger partial charge in [-0.2, -0.15) is 17.6 Å². The smallest absolute Gasteiger partial charge is 0.416 e. The second-order valence-corrected chi connectivity index (χ2v) is 4.54. The first-order valence-corrected chi connectivity index (χ1v) is 5.64. The first-order valence-electron chi connectivity index (χ1n) is 4.56. The van der Waals surface area contributed by atoms with Crippen LogP contribution in [0.5, 0.6) is 5.75 Å². The highest BCUT2D eigenvalue weighted by atomic mass is 127. The van der Waals surface area contributed by atoms with Crippen molar-refractivity contribution < 1.29 is 37.0 Å². The molecule has 0 aliphatic rings. The lowest BCUT2D eigenvalue weighted by molar-refractivity contribution is -0.229. The van der Waals surface area contributed by atoms with Crippen molar-refractivity contribution in [1.82, 2.24) is 0 Å². The molecule has 0 bridgehead atoms. The van der Waals surface area contributed by atoms with Crippen molar-refractivity contribution in [3.05, 3.63) is 27.8 Å². The van der Waals surface area contributed by atoms with Crippen LogP contribution in [0.15, 0.2) is 24.3 Å². The summed E-state index contributed by atoms with van der Waals surface area (Å²) in [6.45, 7) is 0. The van der Waals surface area contributed by atoms with Crippen LogP contribution in [0.1, 0.15) is 0 Å². The van der Waals surface area contributed by atoms with Gasteiger partial charge in [-0.3, -0.25) is 0 Å². The summed E-state index contributed by atoms with van der Waals surface area (Å²) in [6.07, 6.45) is 0. The minimum Gasteiger partial charge on any atom is -0.477 e. The first kappa shape index (κ1) is 15.7. The number of esters is 1. The molecule has 1 aromatic carbocycles. The molecule has 1 N–H and O–H groups in total. The summed E-state index contributed by atoms with van der Waals surface area (Å²) in [5.41, 5.74) is 0. The van der Waals surface area contributed by atoms with E-state index in [2.05, 4.69) is 4.74 Å². The van der Waals surface area contributed by atoms with Crippen molar-refractivity contribution in [1.29, 1.82) is 0 Å². The SMILES string of the molecule is O=C(O)C(F)(F)C(F)(F)C(=O)Oc1ccc(I)cc1. The molecule has 0 atom stereocenters. The topological polar surface area (TPSA) is 63.6 Å². The summed E-state index contributed by atoms with van der Waals surface area (Å²) in [6, 6.07) is 4.98. The number of alkyl halides is 4. The fourth-order valence-corrected chi connectivity index (χ4v) is 1.30. The van der Waals surface area contributed by atoms with Crippen molar-refractivity contribution >= 4 is 34.5 Å². The molecule has 0 aliphatic heterocycles. The van der Waals surface area contributed by atoms with Crippen LogP contribution >= 0.6 is 22.6 Å². The van der Waals surface area contributed by atoms with E-state index < -0.39 is 29.5 Å². The summed E-state index contributed by atoms with van der Waals surface area (Å²) >= 11 is 1.88. The Morgan fingerprint density at radius 2 is 1.53 bits per heavy atom. The maximum Gasteiger partial charge on any atom is 0.416 e. The number of hydrogen-bond donors (Lipinski definition) is 1. The lowest BCUT2D eigenvalue weighted by atomic mass is 10.2. The summed E-state index contributed by atoms with van der Waals surface area (Å²) in [5, 5.41) is 7.99. The maximum atomic E-state index is 13.0. The molecular weight excluding hydrogens is 387 g/mol. The molecule has 1 aromatic rings. The van der Waals surface area contributed by atoms with E-state index in [9.17, 15) is 27.2 Å². The number of halogens is 5. The van der Waals surface area contributed by atoms with E-state index in [0.717, 1.165) is 12.1 Å². The maximum absolute atomic E-state index is 13.0. The highest BCUT2D eigenvalue weighted by Gasteiger charge is 2.68. The molecule has 0 heterocycles. The lowest BCUT2D eigenvalue weighted by Crippen LogP contribution is -2.53.